The Morgan fingerprint density at radius 2 is 1.77 bits per heavy atom. The monoisotopic (exact) mass is 541 g/mol. The van der Waals surface area contributed by atoms with Crippen molar-refractivity contribution in [3.05, 3.63) is 35.4 Å². The highest BCUT2D eigenvalue weighted by molar-refractivity contribution is 14.0. The number of carbonyl (C=O) groups excluding carboxylic acids is 1. The third-order valence-corrected chi connectivity index (χ3v) is 4.91. The lowest BCUT2D eigenvalue weighted by atomic mass is 10.1. The second kappa shape index (κ2) is 12.3. The quantitative estimate of drug-likeness (QED) is 0.331. The van der Waals surface area contributed by atoms with Crippen molar-refractivity contribution in [2.24, 2.45) is 4.99 Å². The minimum atomic E-state index is -4.21. The highest BCUT2D eigenvalue weighted by atomic mass is 127. The summed E-state index contributed by atoms with van der Waals surface area (Å²) in [4.78, 5) is 20.1. The van der Waals surface area contributed by atoms with Gasteiger partial charge >= 0.3 is 6.18 Å². The van der Waals surface area contributed by atoms with E-state index < -0.39 is 12.2 Å². The van der Waals surface area contributed by atoms with Crippen molar-refractivity contribution >= 4 is 35.8 Å². The summed E-state index contributed by atoms with van der Waals surface area (Å²) in [5.74, 6) is 0.551. The average Bonchev–Trinajstić information content (AvgIpc) is 2.70. The van der Waals surface area contributed by atoms with Crippen LogP contribution in [0.25, 0.3) is 0 Å². The molecule has 1 unspecified atom stereocenters. The van der Waals surface area contributed by atoms with Crippen molar-refractivity contribution in [1.29, 1.82) is 0 Å². The van der Waals surface area contributed by atoms with Crippen LogP contribution < -0.4 is 10.6 Å². The summed E-state index contributed by atoms with van der Waals surface area (Å²) in [5, 5.41) is 5.98. The van der Waals surface area contributed by atoms with E-state index in [0.717, 1.165) is 5.56 Å². The first-order valence-corrected chi connectivity index (χ1v) is 9.97. The van der Waals surface area contributed by atoms with Gasteiger partial charge in [-0.05, 0) is 38.5 Å². The fraction of sp³-hybridized carbons (Fsp3) is 0.600. The van der Waals surface area contributed by atoms with E-state index in [9.17, 15) is 18.0 Å². The Bertz CT molecular complexity index is 706. The zero-order valence-electron chi connectivity index (χ0n) is 17.6. The van der Waals surface area contributed by atoms with Gasteiger partial charge < -0.3 is 15.5 Å². The summed E-state index contributed by atoms with van der Waals surface area (Å²) in [6.45, 7) is 8.25. The molecule has 1 atom stereocenters. The number of amides is 1. The zero-order chi connectivity index (χ0) is 21.4. The molecule has 1 amide bonds. The van der Waals surface area contributed by atoms with Crippen molar-refractivity contribution in [2.45, 2.75) is 39.5 Å². The van der Waals surface area contributed by atoms with E-state index in [1.54, 1.807) is 12.1 Å². The van der Waals surface area contributed by atoms with E-state index in [1.807, 2.05) is 30.9 Å². The van der Waals surface area contributed by atoms with E-state index in [4.69, 9.17) is 0 Å². The zero-order valence-corrected chi connectivity index (χ0v) is 20.0. The van der Waals surface area contributed by atoms with Gasteiger partial charge in [0, 0.05) is 44.8 Å². The molecule has 2 N–H and O–H groups in total. The van der Waals surface area contributed by atoms with Gasteiger partial charge in [0.25, 0.3) is 5.91 Å². The Balaban J connectivity index is 0.00000450. The number of benzene rings is 1. The minimum absolute atomic E-state index is 0. The molecular formula is C20H31F3IN5O. The van der Waals surface area contributed by atoms with Gasteiger partial charge in [0.05, 0.1) is 6.54 Å². The number of hydrogen-bond acceptors (Lipinski definition) is 3. The molecule has 1 heterocycles. The van der Waals surface area contributed by atoms with Crippen LogP contribution in [-0.4, -0.2) is 73.2 Å². The predicted molar refractivity (Wildman–Crippen MR) is 123 cm³/mol. The highest BCUT2D eigenvalue weighted by Crippen LogP contribution is 2.25. The molecule has 1 aromatic rings. The van der Waals surface area contributed by atoms with Crippen LogP contribution in [0.4, 0.5) is 13.2 Å². The molecule has 30 heavy (non-hydrogen) atoms. The maximum absolute atomic E-state index is 12.9. The summed E-state index contributed by atoms with van der Waals surface area (Å²) in [6.07, 6.45) is -4.21. The molecule has 1 aromatic carbocycles. The first-order chi connectivity index (χ1) is 13.8. The van der Waals surface area contributed by atoms with E-state index in [-0.39, 0.29) is 29.9 Å². The van der Waals surface area contributed by atoms with Crippen LogP contribution in [0, 0.1) is 0 Å². The van der Waals surface area contributed by atoms with E-state index in [0.29, 0.717) is 57.3 Å². The molecule has 6 nitrogen and oxygen atoms in total. The van der Waals surface area contributed by atoms with Gasteiger partial charge in [-0.1, -0.05) is 12.1 Å². The van der Waals surface area contributed by atoms with Crippen molar-refractivity contribution in [3.63, 3.8) is 0 Å². The number of carbonyl (C=O) groups is 1. The van der Waals surface area contributed by atoms with E-state index in [1.165, 1.54) is 11.8 Å². The maximum Gasteiger partial charge on any atom is 0.403 e. The molecular weight excluding hydrogens is 510 g/mol. The lowest BCUT2D eigenvalue weighted by Gasteiger charge is -2.39. The largest absolute Gasteiger partial charge is 0.403 e. The van der Waals surface area contributed by atoms with Gasteiger partial charge in [0.15, 0.2) is 5.96 Å². The van der Waals surface area contributed by atoms with Gasteiger partial charge in [-0.3, -0.25) is 9.69 Å². The summed E-state index contributed by atoms with van der Waals surface area (Å²) in [6, 6.07) is 5.84. The standard InChI is InChI=1S/C20H30F3N5O.HI/c1-4-24-18(29)17-8-6-7-16(13-17)14-26-19(25-5-2)28-11-9-27(10-12-28)15(3)20(21,22)23;/h6-8,13,15H,4-5,9-12,14H2,1-3H3,(H,24,29)(H,25,26);1H. The first-order valence-electron chi connectivity index (χ1n) is 9.97. The molecule has 0 radical (unpaired) electrons. The van der Waals surface area contributed by atoms with Crippen LogP contribution >= 0.6 is 24.0 Å². The Morgan fingerprint density at radius 3 is 2.33 bits per heavy atom. The lowest BCUT2D eigenvalue weighted by molar-refractivity contribution is -0.181. The Hall–Kier alpha value is -1.56. The Morgan fingerprint density at radius 1 is 1.13 bits per heavy atom. The molecule has 0 aromatic heterocycles. The molecule has 1 aliphatic heterocycles. The molecule has 0 spiro atoms. The van der Waals surface area contributed by atoms with Gasteiger partial charge in [0.1, 0.15) is 6.04 Å². The molecule has 0 bridgehead atoms. The predicted octanol–water partition coefficient (Wildman–Crippen LogP) is 3.09. The summed E-state index contributed by atoms with van der Waals surface area (Å²) in [5.41, 5.74) is 1.48. The smallest absolute Gasteiger partial charge is 0.357 e. The topological polar surface area (TPSA) is 60.0 Å². The molecule has 0 aliphatic carbocycles. The molecule has 1 aliphatic rings. The van der Waals surface area contributed by atoms with Crippen LogP contribution in [0.5, 0.6) is 0 Å². The summed E-state index contributed by atoms with van der Waals surface area (Å²) in [7, 11) is 0. The number of aliphatic imine (C=N–C) groups is 1. The number of guanidine groups is 1. The summed E-state index contributed by atoms with van der Waals surface area (Å²) >= 11 is 0. The molecule has 2 rings (SSSR count). The number of alkyl halides is 3. The van der Waals surface area contributed by atoms with Crippen LogP contribution in [0.3, 0.4) is 0 Å². The number of piperazine rings is 1. The van der Waals surface area contributed by atoms with Gasteiger partial charge in [-0.25, -0.2) is 4.99 Å². The fourth-order valence-electron chi connectivity index (χ4n) is 3.19. The van der Waals surface area contributed by atoms with Crippen molar-refractivity contribution in [3.8, 4) is 0 Å². The van der Waals surface area contributed by atoms with Crippen molar-refractivity contribution in [1.82, 2.24) is 20.4 Å². The Labute approximate surface area is 193 Å². The lowest BCUT2D eigenvalue weighted by Crippen LogP contribution is -2.56. The first kappa shape index (κ1) is 26.5. The summed E-state index contributed by atoms with van der Waals surface area (Å²) < 4.78 is 38.8. The normalized spacial score (nSPS) is 16.6. The number of nitrogens with zero attached hydrogens (tertiary/aromatic N) is 3. The van der Waals surface area contributed by atoms with E-state index >= 15 is 0 Å². The van der Waals surface area contributed by atoms with Crippen LogP contribution in [0.2, 0.25) is 0 Å². The molecule has 1 saturated heterocycles. The highest BCUT2D eigenvalue weighted by Gasteiger charge is 2.41. The van der Waals surface area contributed by atoms with Crippen LogP contribution in [-0.2, 0) is 6.54 Å². The molecule has 1 fully saturated rings. The van der Waals surface area contributed by atoms with Gasteiger partial charge in [-0.15, -0.1) is 24.0 Å². The Kier molecular flexibility index (Phi) is 10.9. The second-order valence-electron chi connectivity index (χ2n) is 6.97. The third kappa shape index (κ3) is 7.60. The van der Waals surface area contributed by atoms with Crippen molar-refractivity contribution < 1.29 is 18.0 Å². The fourth-order valence-corrected chi connectivity index (χ4v) is 3.19. The van der Waals surface area contributed by atoms with Crippen LogP contribution in [0.15, 0.2) is 29.3 Å². The third-order valence-electron chi connectivity index (χ3n) is 4.91. The average molecular weight is 541 g/mol. The molecule has 10 heteroatoms. The number of halogens is 4. The van der Waals surface area contributed by atoms with E-state index in [2.05, 4.69) is 15.6 Å². The number of hydrogen-bond donors (Lipinski definition) is 2. The van der Waals surface area contributed by atoms with Crippen molar-refractivity contribution in [2.75, 3.05) is 39.3 Å². The number of rotatable bonds is 6. The molecule has 0 saturated carbocycles. The maximum atomic E-state index is 12.9. The molecule has 170 valence electrons. The van der Waals surface area contributed by atoms with Gasteiger partial charge in [0.2, 0.25) is 0 Å². The SMILES string of the molecule is CCNC(=O)c1cccc(CN=C(NCC)N2CCN(C(C)C(F)(F)F)CC2)c1.I. The number of nitrogens with one attached hydrogen (secondary N) is 2. The van der Waals surface area contributed by atoms with Gasteiger partial charge in [-0.2, -0.15) is 13.2 Å². The minimum Gasteiger partial charge on any atom is -0.357 e. The van der Waals surface area contributed by atoms with Crippen LogP contribution in [0.1, 0.15) is 36.7 Å². The second-order valence-corrected chi connectivity index (χ2v) is 6.97.